The van der Waals surface area contributed by atoms with E-state index in [0.29, 0.717) is 47.2 Å². The van der Waals surface area contributed by atoms with Crippen LogP contribution in [0.25, 0.3) is 5.65 Å². The minimum Gasteiger partial charge on any atom is -0.495 e. The van der Waals surface area contributed by atoms with Crippen molar-refractivity contribution in [2.75, 3.05) is 37.4 Å². The first-order valence-corrected chi connectivity index (χ1v) is 18.1. The summed E-state index contributed by atoms with van der Waals surface area (Å²) in [6.07, 6.45) is 5.14. The van der Waals surface area contributed by atoms with Crippen LogP contribution in [-0.2, 0) is 19.4 Å². The minimum atomic E-state index is -3.56. The molecule has 1 amide bonds. The molecular formula is C35H45N7O5S. The molecule has 0 spiro atoms. The molecule has 256 valence electrons. The Morgan fingerprint density at radius 1 is 1.04 bits per heavy atom. The number of sulfone groups is 1. The summed E-state index contributed by atoms with van der Waals surface area (Å²) in [6, 6.07) is 12.6. The number of ether oxygens (including phenoxy) is 2. The van der Waals surface area contributed by atoms with E-state index in [1.54, 1.807) is 57.5 Å². The van der Waals surface area contributed by atoms with Gasteiger partial charge in [0.05, 0.1) is 53.0 Å². The summed E-state index contributed by atoms with van der Waals surface area (Å²) >= 11 is 0. The summed E-state index contributed by atoms with van der Waals surface area (Å²) in [7, 11) is -1.93. The van der Waals surface area contributed by atoms with Gasteiger partial charge in [0.2, 0.25) is 17.8 Å². The van der Waals surface area contributed by atoms with Crippen molar-refractivity contribution in [1.82, 2.24) is 24.5 Å². The van der Waals surface area contributed by atoms with Crippen molar-refractivity contribution in [3.8, 4) is 5.75 Å². The molecule has 0 unspecified atom stereocenters. The number of anilines is 4. The smallest absolute Gasteiger partial charge is 0.233 e. The van der Waals surface area contributed by atoms with E-state index in [0.717, 1.165) is 44.3 Å². The number of piperidine rings is 1. The first kappa shape index (κ1) is 33.7. The molecule has 0 saturated carbocycles. The van der Waals surface area contributed by atoms with Crippen molar-refractivity contribution in [2.24, 2.45) is 5.92 Å². The van der Waals surface area contributed by atoms with Crippen molar-refractivity contribution in [3.05, 3.63) is 59.8 Å². The molecule has 12 nitrogen and oxygen atoms in total. The third-order valence-corrected chi connectivity index (χ3v) is 11.7. The average Bonchev–Trinajstić information content (AvgIpc) is 3.54. The zero-order valence-corrected chi connectivity index (χ0v) is 29.3. The number of fused-ring (bicyclic) bond motifs is 1. The predicted octanol–water partition coefficient (Wildman–Crippen LogP) is 6.02. The molecule has 2 fully saturated rings. The normalized spacial score (nSPS) is 18.6. The second-order valence-electron chi connectivity index (χ2n) is 13.6. The van der Waals surface area contributed by atoms with Crippen LogP contribution in [0.4, 0.5) is 23.3 Å². The van der Waals surface area contributed by atoms with Gasteiger partial charge in [0, 0.05) is 19.2 Å². The van der Waals surface area contributed by atoms with Crippen molar-refractivity contribution < 1.29 is 22.7 Å². The fourth-order valence-electron chi connectivity index (χ4n) is 6.55. The number of hydrogen-bond donors (Lipinski definition) is 2. The van der Waals surface area contributed by atoms with Crippen LogP contribution in [0.15, 0.2) is 53.6 Å². The maximum Gasteiger partial charge on any atom is 0.233 e. The number of para-hydroxylation sites is 1. The molecule has 2 saturated heterocycles. The van der Waals surface area contributed by atoms with E-state index >= 15 is 0 Å². The lowest BCUT2D eigenvalue weighted by Gasteiger charge is -2.39. The van der Waals surface area contributed by atoms with Crippen LogP contribution in [-0.4, -0.2) is 76.5 Å². The Hall–Kier alpha value is -4.23. The molecule has 2 aliphatic rings. The Labute approximate surface area is 282 Å². The molecule has 0 bridgehead atoms. The van der Waals surface area contributed by atoms with E-state index < -0.39 is 15.1 Å². The zero-order chi connectivity index (χ0) is 34.2. The highest BCUT2D eigenvalue weighted by Gasteiger charge is 2.35. The third-order valence-electron chi connectivity index (χ3n) is 9.52. The largest absolute Gasteiger partial charge is 0.495 e. The van der Waals surface area contributed by atoms with Gasteiger partial charge in [0.25, 0.3) is 0 Å². The van der Waals surface area contributed by atoms with Crippen LogP contribution < -0.4 is 15.4 Å². The van der Waals surface area contributed by atoms with E-state index in [1.807, 2.05) is 11.0 Å². The highest BCUT2D eigenvalue weighted by atomic mass is 32.2. The van der Waals surface area contributed by atoms with Gasteiger partial charge < -0.3 is 25.0 Å². The topological polar surface area (TPSA) is 140 Å². The van der Waals surface area contributed by atoms with Crippen LogP contribution >= 0.6 is 0 Å². The summed E-state index contributed by atoms with van der Waals surface area (Å²) in [4.78, 5) is 24.8. The Bertz CT molecular complexity index is 1910. The number of aromatic nitrogens is 4. The molecule has 1 atom stereocenters. The van der Waals surface area contributed by atoms with Gasteiger partial charge >= 0.3 is 0 Å². The number of methoxy groups -OCH3 is 1. The first-order valence-electron chi connectivity index (χ1n) is 16.6. The molecule has 0 radical (unpaired) electrons. The molecule has 2 aromatic heterocycles. The number of carbonyl (C=O) groups excluding carboxylic acids is 1. The van der Waals surface area contributed by atoms with E-state index in [2.05, 4.69) is 47.6 Å². The maximum absolute atomic E-state index is 13.2. The first-order chi connectivity index (χ1) is 22.9. The zero-order valence-electron chi connectivity index (χ0n) is 28.5. The quantitative estimate of drug-likeness (QED) is 0.216. The summed E-state index contributed by atoms with van der Waals surface area (Å²) in [5, 5.41) is 10.3. The number of carbonyl (C=O) groups is 1. The Kier molecular flexibility index (Phi) is 9.36. The van der Waals surface area contributed by atoms with Gasteiger partial charge in [-0.05, 0) is 102 Å². The van der Waals surface area contributed by atoms with Gasteiger partial charge in [-0.25, -0.2) is 8.42 Å². The molecular weight excluding hydrogens is 630 g/mol. The van der Waals surface area contributed by atoms with Gasteiger partial charge in [-0.15, -0.1) is 0 Å². The van der Waals surface area contributed by atoms with Crippen molar-refractivity contribution >= 4 is 44.7 Å². The molecule has 2 N–H and O–H groups in total. The molecule has 6 rings (SSSR count). The molecule has 4 heterocycles. The average molecular weight is 676 g/mol. The number of benzene rings is 2. The highest BCUT2D eigenvalue weighted by molar-refractivity contribution is 7.92. The summed E-state index contributed by atoms with van der Waals surface area (Å²) < 4.78 is 39.5. The molecule has 13 heteroatoms. The predicted molar refractivity (Wildman–Crippen MR) is 185 cm³/mol. The second kappa shape index (κ2) is 13.3. The van der Waals surface area contributed by atoms with Gasteiger partial charge in [0.1, 0.15) is 5.75 Å². The molecule has 2 aromatic carbocycles. The summed E-state index contributed by atoms with van der Waals surface area (Å²) in [5.74, 6) is 1.71. The Morgan fingerprint density at radius 2 is 1.79 bits per heavy atom. The third kappa shape index (κ3) is 6.84. The van der Waals surface area contributed by atoms with E-state index in [9.17, 15) is 13.2 Å². The lowest BCUT2D eigenvalue weighted by Crippen LogP contribution is -2.46. The fraction of sp³-hybridized carbons (Fsp3) is 0.486. The van der Waals surface area contributed by atoms with Gasteiger partial charge in [-0.2, -0.15) is 19.6 Å². The second-order valence-corrected chi connectivity index (χ2v) is 16.1. The number of aryl methyl sites for hydroxylation is 1. The highest BCUT2D eigenvalue weighted by Crippen LogP contribution is 2.38. The number of hydrogen-bond acceptors (Lipinski definition) is 10. The number of rotatable bonds is 9. The van der Waals surface area contributed by atoms with Crippen LogP contribution in [0.5, 0.6) is 5.75 Å². The number of amides is 1. The standard InChI is InChI=1S/C35H45N7O5S/c1-22(2)48(44,45)30-10-8-7-9-27(30)38-34-40-33(39-31-12-16-36-42(31)34)37-28-19-23(3)26(20-29(28)46-6)24-13-17-41(18-14-24)32(43)25-11-15-35(4,5)47-21-25/h7-10,12,16,19-20,22,24-25H,11,13-15,17-18,21H2,1-6H3,(H2,37,38,39,40)/t25-/m0/s1. The Morgan fingerprint density at radius 3 is 2.48 bits per heavy atom. The molecule has 4 aromatic rings. The van der Waals surface area contributed by atoms with Crippen LogP contribution in [0.2, 0.25) is 0 Å². The van der Waals surface area contributed by atoms with E-state index in [1.165, 1.54) is 10.1 Å². The van der Waals surface area contributed by atoms with Crippen LogP contribution in [0.1, 0.15) is 70.4 Å². The maximum atomic E-state index is 13.2. The van der Waals surface area contributed by atoms with Gasteiger partial charge in [-0.1, -0.05) is 12.1 Å². The lowest BCUT2D eigenvalue weighted by molar-refractivity contribution is -0.147. The SMILES string of the molecule is COc1cc(C2CCN(C(=O)[C@H]3CCC(C)(C)OC3)CC2)c(C)cc1Nc1nc(Nc2ccccc2S(=O)(=O)C(C)C)n2nccc2n1. The molecule has 48 heavy (non-hydrogen) atoms. The van der Waals surface area contributed by atoms with Gasteiger partial charge in [-0.3, -0.25) is 4.79 Å². The Balaban J connectivity index is 1.20. The summed E-state index contributed by atoms with van der Waals surface area (Å²) in [6.45, 7) is 11.5. The van der Waals surface area contributed by atoms with E-state index in [4.69, 9.17) is 14.5 Å². The number of nitrogens with zero attached hydrogens (tertiary/aromatic N) is 5. The van der Waals surface area contributed by atoms with Crippen LogP contribution in [0.3, 0.4) is 0 Å². The molecule has 0 aliphatic carbocycles. The lowest BCUT2D eigenvalue weighted by atomic mass is 9.85. The minimum absolute atomic E-state index is 0.0516. The number of nitrogens with one attached hydrogen (secondary N) is 2. The molecule has 2 aliphatic heterocycles. The van der Waals surface area contributed by atoms with E-state index in [-0.39, 0.29) is 22.3 Å². The van der Waals surface area contributed by atoms with Gasteiger partial charge in [0.15, 0.2) is 15.5 Å². The van der Waals surface area contributed by atoms with Crippen molar-refractivity contribution in [1.29, 1.82) is 0 Å². The van der Waals surface area contributed by atoms with Crippen LogP contribution in [0, 0.1) is 12.8 Å². The monoisotopic (exact) mass is 675 g/mol. The fourth-order valence-corrected chi connectivity index (χ4v) is 7.75. The number of likely N-dealkylation sites (tertiary alicyclic amines) is 1. The van der Waals surface area contributed by atoms with Crippen molar-refractivity contribution in [2.45, 2.75) is 82.0 Å². The summed E-state index contributed by atoms with van der Waals surface area (Å²) in [5.41, 5.74) is 3.77. The van der Waals surface area contributed by atoms with Crippen molar-refractivity contribution in [3.63, 3.8) is 0 Å².